The maximum absolute atomic E-state index is 8.63. The highest BCUT2D eigenvalue weighted by Crippen LogP contribution is 2.47. The first kappa shape index (κ1) is 28.2. The molecule has 0 fully saturated rings. The highest BCUT2D eigenvalue weighted by molar-refractivity contribution is 5.58. The third kappa shape index (κ3) is 8.45. The normalized spacial score (nSPS) is 16.9. The molecule has 0 bridgehead atoms. The second kappa shape index (κ2) is 15.1. The lowest BCUT2D eigenvalue weighted by Gasteiger charge is -2.29. The van der Waals surface area contributed by atoms with Crippen molar-refractivity contribution in [2.45, 2.75) is 60.3 Å². The largest absolute Gasteiger partial charge is 0.508 e. The number of allylic oxidation sites excluding steroid dienone is 6. The topological polar surface area (TPSA) is 20.2 Å². The zero-order valence-corrected chi connectivity index (χ0v) is 20.7. The van der Waals surface area contributed by atoms with Gasteiger partial charge in [-0.25, -0.2) is 0 Å². The van der Waals surface area contributed by atoms with E-state index in [2.05, 4.69) is 83.3 Å². The van der Waals surface area contributed by atoms with E-state index in [1.165, 1.54) is 22.3 Å². The molecule has 0 aliphatic heterocycles. The Labute approximate surface area is 191 Å². The van der Waals surface area contributed by atoms with Gasteiger partial charge >= 0.3 is 0 Å². The Morgan fingerprint density at radius 3 is 1.97 bits per heavy atom. The van der Waals surface area contributed by atoms with E-state index in [4.69, 9.17) is 5.11 Å². The fourth-order valence-electron chi connectivity index (χ4n) is 3.39. The number of hydrogen-bond donors (Lipinski definition) is 1. The molecule has 0 saturated carbocycles. The van der Waals surface area contributed by atoms with Gasteiger partial charge in [-0.2, -0.15) is 0 Å². The Balaban J connectivity index is 0.000000619. The van der Waals surface area contributed by atoms with Crippen LogP contribution in [-0.2, 0) is 11.8 Å². The van der Waals surface area contributed by atoms with Crippen molar-refractivity contribution < 1.29 is 5.11 Å². The lowest BCUT2D eigenvalue weighted by atomic mass is 9.74. The summed E-state index contributed by atoms with van der Waals surface area (Å²) >= 11 is 0. The van der Waals surface area contributed by atoms with E-state index in [1.54, 1.807) is 30.3 Å². The predicted molar refractivity (Wildman–Crippen MR) is 140 cm³/mol. The van der Waals surface area contributed by atoms with Gasteiger partial charge in [0.15, 0.2) is 0 Å². The lowest BCUT2D eigenvalue weighted by molar-refractivity contribution is 0.475. The summed E-state index contributed by atoms with van der Waals surface area (Å²) in [4.78, 5) is 0. The Morgan fingerprint density at radius 2 is 1.52 bits per heavy atom. The molecule has 2 aromatic rings. The minimum Gasteiger partial charge on any atom is -0.508 e. The summed E-state index contributed by atoms with van der Waals surface area (Å²) in [7, 11) is 0. The molecule has 2 aromatic carbocycles. The molecule has 1 aliphatic carbocycles. The predicted octanol–water partition coefficient (Wildman–Crippen LogP) is 8.83. The van der Waals surface area contributed by atoms with Crippen molar-refractivity contribution in [1.82, 2.24) is 0 Å². The van der Waals surface area contributed by atoms with Crippen molar-refractivity contribution in [3.8, 4) is 5.75 Å². The summed E-state index contributed by atoms with van der Waals surface area (Å²) in [5, 5.41) is 8.63. The van der Waals surface area contributed by atoms with E-state index in [1.807, 2.05) is 26.8 Å². The van der Waals surface area contributed by atoms with E-state index < -0.39 is 0 Å². The SMILES string of the molecule is C=C1Cc2ccccc2C1(C)C(/C=C\C(C)C)=C/C.C=CC.CC.Oc1ccccc1. The van der Waals surface area contributed by atoms with E-state index in [9.17, 15) is 0 Å². The molecule has 0 radical (unpaired) electrons. The van der Waals surface area contributed by atoms with Gasteiger partial charge in [-0.15, -0.1) is 6.58 Å². The number of phenols is 1. The van der Waals surface area contributed by atoms with Crippen LogP contribution in [0.4, 0.5) is 0 Å². The second-order valence-corrected chi connectivity index (χ2v) is 7.65. The molecule has 0 heterocycles. The fourth-order valence-corrected chi connectivity index (χ4v) is 3.39. The molecular formula is C30H42O. The number of hydrogen-bond acceptors (Lipinski definition) is 1. The van der Waals surface area contributed by atoms with Crippen LogP contribution in [0.2, 0.25) is 0 Å². The number of para-hydroxylation sites is 1. The molecule has 1 N–H and O–H groups in total. The van der Waals surface area contributed by atoms with E-state index in [0.29, 0.717) is 11.7 Å². The molecule has 31 heavy (non-hydrogen) atoms. The third-order valence-electron chi connectivity index (χ3n) is 4.97. The summed E-state index contributed by atoms with van der Waals surface area (Å²) < 4.78 is 0. The van der Waals surface area contributed by atoms with Gasteiger partial charge in [0, 0.05) is 5.41 Å². The molecule has 1 atom stereocenters. The average molecular weight is 419 g/mol. The van der Waals surface area contributed by atoms with Crippen molar-refractivity contribution in [3.05, 3.63) is 114 Å². The minimum atomic E-state index is -0.0310. The summed E-state index contributed by atoms with van der Waals surface area (Å²) in [5.41, 5.74) is 5.47. The molecule has 1 heteroatoms. The summed E-state index contributed by atoms with van der Waals surface area (Å²) in [5.74, 6) is 0.894. The van der Waals surface area contributed by atoms with Crippen molar-refractivity contribution in [2.75, 3.05) is 0 Å². The first-order chi connectivity index (χ1) is 14.8. The van der Waals surface area contributed by atoms with Gasteiger partial charge in [0.2, 0.25) is 0 Å². The highest BCUT2D eigenvalue weighted by Gasteiger charge is 2.39. The molecule has 0 saturated heterocycles. The summed E-state index contributed by atoms with van der Waals surface area (Å²) in [6.07, 6.45) is 9.53. The molecule has 0 amide bonds. The quantitative estimate of drug-likeness (QED) is 0.390. The van der Waals surface area contributed by atoms with Gasteiger partial charge in [-0.1, -0.05) is 107 Å². The third-order valence-corrected chi connectivity index (χ3v) is 4.97. The summed E-state index contributed by atoms with van der Waals surface area (Å²) in [6.45, 7) is 22.4. The first-order valence-corrected chi connectivity index (χ1v) is 11.2. The van der Waals surface area contributed by atoms with Crippen LogP contribution in [0.15, 0.2) is 103 Å². The van der Waals surface area contributed by atoms with Crippen molar-refractivity contribution in [1.29, 1.82) is 0 Å². The minimum absolute atomic E-state index is 0.0310. The van der Waals surface area contributed by atoms with Crippen molar-refractivity contribution in [3.63, 3.8) is 0 Å². The van der Waals surface area contributed by atoms with Crippen LogP contribution in [0.5, 0.6) is 5.75 Å². The van der Waals surface area contributed by atoms with Crippen molar-refractivity contribution >= 4 is 0 Å². The van der Waals surface area contributed by atoms with Crippen LogP contribution >= 0.6 is 0 Å². The highest BCUT2D eigenvalue weighted by atomic mass is 16.3. The number of fused-ring (bicyclic) bond motifs is 1. The van der Waals surface area contributed by atoms with Gasteiger partial charge in [-0.05, 0) is 61.9 Å². The van der Waals surface area contributed by atoms with E-state index in [-0.39, 0.29) is 5.41 Å². The maximum Gasteiger partial charge on any atom is 0.115 e. The van der Waals surface area contributed by atoms with Gasteiger partial charge in [-0.3, -0.25) is 0 Å². The first-order valence-electron chi connectivity index (χ1n) is 11.2. The van der Waals surface area contributed by atoms with Gasteiger partial charge in [0.25, 0.3) is 0 Å². The Morgan fingerprint density at radius 1 is 1.00 bits per heavy atom. The molecule has 1 unspecified atom stereocenters. The van der Waals surface area contributed by atoms with Crippen LogP contribution in [0.3, 0.4) is 0 Å². The van der Waals surface area contributed by atoms with E-state index in [0.717, 1.165) is 6.42 Å². The van der Waals surface area contributed by atoms with Crippen LogP contribution in [0.1, 0.15) is 59.6 Å². The smallest absolute Gasteiger partial charge is 0.115 e. The van der Waals surface area contributed by atoms with Gasteiger partial charge < -0.3 is 5.11 Å². The standard InChI is InChI=1S/C19H24.C6H6O.C3H6.C2H6/c1-6-17(12-11-14(2)3)19(5)15(4)13-16-9-7-8-10-18(16)19;7-6-4-2-1-3-5-6;1-3-2;1-2/h6-12,14H,4,13H2,1-3,5H3;1-5,7H;3H,1H2,2H3;1-2H3/b12-11-,17-6+;;;. The molecule has 3 rings (SSSR count). The Kier molecular flexibility index (Phi) is 13.7. The maximum atomic E-state index is 8.63. The number of benzene rings is 2. The van der Waals surface area contributed by atoms with Crippen LogP contribution in [0, 0.1) is 5.92 Å². The lowest BCUT2D eigenvalue weighted by Crippen LogP contribution is -2.22. The number of rotatable bonds is 3. The molecular weight excluding hydrogens is 376 g/mol. The Hall–Kier alpha value is -2.80. The molecule has 1 nitrogen and oxygen atoms in total. The monoisotopic (exact) mass is 418 g/mol. The molecule has 1 aliphatic rings. The molecule has 0 spiro atoms. The zero-order valence-electron chi connectivity index (χ0n) is 20.7. The van der Waals surface area contributed by atoms with E-state index >= 15 is 0 Å². The van der Waals surface area contributed by atoms with Crippen LogP contribution in [-0.4, -0.2) is 5.11 Å². The molecule has 0 aromatic heterocycles. The van der Waals surface area contributed by atoms with Crippen LogP contribution in [0.25, 0.3) is 0 Å². The molecule has 168 valence electrons. The van der Waals surface area contributed by atoms with Gasteiger partial charge in [0.1, 0.15) is 5.75 Å². The summed E-state index contributed by atoms with van der Waals surface area (Å²) in [6, 6.07) is 17.4. The number of aromatic hydroxyl groups is 1. The Bertz CT molecular complexity index is 840. The fraction of sp³-hybridized carbons (Fsp3) is 0.333. The van der Waals surface area contributed by atoms with Crippen molar-refractivity contribution in [2.24, 2.45) is 5.92 Å². The van der Waals surface area contributed by atoms with Crippen LogP contribution < -0.4 is 0 Å². The number of phenolic OH excluding ortho intramolecular Hbond substituents is 1. The second-order valence-electron chi connectivity index (χ2n) is 7.65. The average Bonchev–Trinajstić information content (AvgIpc) is 3.02. The van der Waals surface area contributed by atoms with Gasteiger partial charge in [0.05, 0.1) is 0 Å². The zero-order chi connectivity index (χ0) is 23.9.